The number of hydrogen-bond acceptors (Lipinski definition) is 3. The van der Waals surface area contributed by atoms with E-state index in [2.05, 4.69) is 5.32 Å². The van der Waals surface area contributed by atoms with E-state index in [1.54, 1.807) is 0 Å². The summed E-state index contributed by atoms with van der Waals surface area (Å²) in [5.41, 5.74) is 0.123. The predicted molar refractivity (Wildman–Crippen MR) is 73.3 cm³/mol. The summed E-state index contributed by atoms with van der Waals surface area (Å²) in [5.74, 6) is 0.303. The number of hydrogen-bond donors (Lipinski definition) is 1. The van der Waals surface area contributed by atoms with Crippen molar-refractivity contribution in [3.63, 3.8) is 0 Å². The quantitative estimate of drug-likeness (QED) is 0.735. The van der Waals surface area contributed by atoms with Crippen LogP contribution in [0, 0.1) is 5.41 Å². The molecule has 3 fully saturated rings. The van der Waals surface area contributed by atoms with Crippen LogP contribution in [0.1, 0.15) is 58.8 Å². The Balaban J connectivity index is 1.86. The van der Waals surface area contributed by atoms with Gasteiger partial charge in [0.15, 0.2) is 9.84 Å². The van der Waals surface area contributed by atoms with Gasteiger partial charge >= 0.3 is 0 Å². The first kappa shape index (κ1) is 12.9. The molecule has 4 heteroatoms. The zero-order valence-corrected chi connectivity index (χ0v) is 12.4. The topological polar surface area (TPSA) is 46.2 Å². The van der Waals surface area contributed by atoms with Crippen LogP contribution in [0.3, 0.4) is 0 Å². The van der Waals surface area contributed by atoms with Gasteiger partial charge in [-0.3, -0.25) is 0 Å². The fourth-order valence-corrected chi connectivity index (χ4v) is 7.21. The van der Waals surface area contributed by atoms with Gasteiger partial charge < -0.3 is 5.32 Å². The molecule has 2 aliphatic carbocycles. The van der Waals surface area contributed by atoms with E-state index in [4.69, 9.17) is 0 Å². The average molecular weight is 271 g/mol. The minimum atomic E-state index is -2.92. The van der Waals surface area contributed by atoms with Crippen molar-refractivity contribution >= 4 is 9.84 Å². The summed E-state index contributed by atoms with van der Waals surface area (Å²) in [6.07, 6.45) is 8.32. The van der Waals surface area contributed by atoms with E-state index in [1.807, 2.05) is 13.8 Å². The van der Waals surface area contributed by atoms with Crippen LogP contribution in [-0.4, -0.2) is 31.0 Å². The first-order chi connectivity index (χ1) is 8.32. The lowest BCUT2D eigenvalue weighted by atomic mass is 9.70. The summed E-state index contributed by atoms with van der Waals surface area (Å²) >= 11 is 0. The van der Waals surface area contributed by atoms with Crippen LogP contribution in [0.15, 0.2) is 0 Å². The highest BCUT2D eigenvalue weighted by Crippen LogP contribution is 2.51. The van der Waals surface area contributed by atoms with Gasteiger partial charge in [-0.15, -0.1) is 0 Å². The third-order valence-electron chi connectivity index (χ3n) is 5.33. The van der Waals surface area contributed by atoms with Gasteiger partial charge in [0.1, 0.15) is 0 Å². The van der Waals surface area contributed by atoms with Crippen molar-refractivity contribution in [2.75, 3.05) is 5.75 Å². The van der Waals surface area contributed by atoms with Crippen LogP contribution < -0.4 is 5.32 Å². The maximum absolute atomic E-state index is 12.5. The minimum absolute atomic E-state index is 0.114. The Morgan fingerprint density at radius 1 is 1.11 bits per heavy atom. The van der Waals surface area contributed by atoms with Crippen LogP contribution >= 0.6 is 0 Å². The molecule has 3 aliphatic rings. The molecule has 1 spiro atoms. The smallest absolute Gasteiger partial charge is 0.156 e. The fourth-order valence-electron chi connectivity index (χ4n) is 4.59. The van der Waals surface area contributed by atoms with Crippen molar-refractivity contribution in [2.45, 2.75) is 75.6 Å². The lowest BCUT2D eigenvalue weighted by molar-refractivity contribution is 0.150. The second-order valence-electron chi connectivity index (χ2n) is 7.43. The van der Waals surface area contributed by atoms with E-state index in [-0.39, 0.29) is 16.8 Å². The molecule has 0 bridgehead atoms. The van der Waals surface area contributed by atoms with Gasteiger partial charge in [-0.2, -0.15) is 0 Å². The summed E-state index contributed by atoms with van der Waals surface area (Å²) in [7, 11) is -2.92. The van der Waals surface area contributed by atoms with Crippen LogP contribution in [0.25, 0.3) is 0 Å². The van der Waals surface area contributed by atoms with Crippen molar-refractivity contribution < 1.29 is 8.42 Å². The average Bonchev–Trinajstić information content (AvgIpc) is 2.66. The van der Waals surface area contributed by atoms with Gasteiger partial charge in [-0.1, -0.05) is 12.8 Å². The maximum atomic E-state index is 12.5. The molecule has 0 radical (unpaired) electrons. The van der Waals surface area contributed by atoms with Crippen LogP contribution in [0.2, 0.25) is 0 Å². The largest absolute Gasteiger partial charge is 0.307 e. The van der Waals surface area contributed by atoms with Gasteiger partial charge in [-0.25, -0.2) is 8.42 Å². The second kappa shape index (κ2) is 3.95. The third kappa shape index (κ3) is 2.11. The van der Waals surface area contributed by atoms with E-state index in [9.17, 15) is 8.42 Å². The molecule has 2 atom stereocenters. The number of sulfone groups is 1. The molecule has 3 rings (SSSR count). The van der Waals surface area contributed by atoms with E-state index < -0.39 is 9.84 Å². The van der Waals surface area contributed by atoms with E-state index in [0.717, 1.165) is 12.8 Å². The summed E-state index contributed by atoms with van der Waals surface area (Å²) in [4.78, 5) is 0. The van der Waals surface area contributed by atoms with Gasteiger partial charge in [0.05, 0.1) is 11.0 Å². The minimum Gasteiger partial charge on any atom is -0.307 e. The standard InChI is InChI=1S/C14H25NO2S/c1-13(2)10-18(16,17)12-9-14(6-3-4-7-14)8-5-11(12)15-13/h11-12,15H,3-10H2,1-2H3. The van der Waals surface area contributed by atoms with Crippen molar-refractivity contribution in [1.29, 1.82) is 0 Å². The number of nitrogens with one attached hydrogen (secondary N) is 1. The van der Waals surface area contributed by atoms with Gasteiger partial charge in [0.25, 0.3) is 0 Å². The van der Waals surface area contributed by atoms with Gasteiger partial charge in [0, 0.05) is 11.6 Å². The zero-order valence-electron chi connectivity index (χ0n) is 11.5. The molecule has 2 unspecified atom stereocenters. The van der Waals surface area contributed by atoms with Crippen molar-refractivity contribution in [3.05, 3.63) is 0 Å². The molecule has 1 saturated heterocycles. The molecule has 0 amide bonds. The molecular formula is C14H25NO2S. The van der Waals surface area contributed by atoms with Crippen molar-refractivity contribution in [2.24, 2.45) is 5.41 Å². The van der Waals surface area contributed by atoms with Gasteiger partial charge in [0.2, 0.25) is 0 Å². The highest BCUT2D eigenvalue weighted by atomic mass is 32.2. The number of rotatable bonds is 0. The van der Waals surface area contributed by atoms with E-state index in [1.165, 1.54) is 32.1 Å². The molecule has 1 heterocycles. The third-order valence-corrected chi connectivity index (χ3v) is 7.87. The van der Waals surface area contributed by atoms with E-state index >= 15 is 0 Å². The highest BCUT2D eigenvalue weighted by molar-refractivity contribution is 7.92. The Labute approximate surface area is 111 Å². The Kier molecular flexibility index (Phi) is 2.84. The molecule has 0 aromatic carbocycles. The SMILES string of the molecule is CC1(C)CS(=O)(=O)C2CC3(CCCC3)CCC2N1. The molecule has 1 aliphatic heterocycles. The Hall–Kier alpha value is -0.0900. The maximum Gasteiger partial charge on any atom is 0.156 e. The lowest BCUT2D eigenvalue weighted by Crippen LogP contribution is -2.64. The summed E-state index contributed by atoms with van der Waals surface area (Å²) < 4.78 is 25.1. The van der Waals surface area contributed by atoms with E-state index in [0.29, 0.717) is 11.2 Å². The second-order valence-corrected chi connectivity index (χ2v) is 9.65. The van der Waals surface area contributed by atoms with Gasteiger partial charge in [-0.05, 0) is 51.4 Å². The molecule has 2 saturated carbocycles. The monoisotopic (exact) mass is 271 g/mol. The van der Waals surface area contributed by atoms with Crippen molar-refractivity contribution in [3.8, 4) is 0 Å². The first-order valence-corrected chi connectivity index (χ1v) is 9.03. The number of fused-ring (bicyclic) bond motifs is 1. The Bertz CT molecular complexity index is 435. The van der Waals surface area contributed by atoms with Crippen LogP contribution in [0.4, 0.5) is 0 Å². The summed E-state index contributed by atoms with van der Waals surface area (Å²) in [5, 5.41) is 3.46. The highest BCUT2D eigenvalue weighted by Gasteiger charge is 2.51. The molecule has 0 aromatic heterocycles. The van der Waals surface area contributed by atoms with Crippen molar-refractivity contribution in [1.82, 2.24) is 5.32 Å². The molecular weight excluding hydrogens is 246 g/mol. The normalized spacial score (nSPS) is 40.6. The predicted octanol–water partition coefficient (Wildman–Crippen LogP) is 2.26. The fraction of sp³-hybridized carbons (Fsp3) is 1.00. The summed E-state index contributed by atoms with van der Waals surface area (Å²) in [6, 6.07) is 0.199. The van der Waals surface area contributed by atoms with Crippen LogP contribution in [0.5, 0.6) is 0 Å². The van der Waals surface area contributed by atoms with Crippen LogP contribution in [-0.2, 0) is 9.84 Å². The molecule has 3 nitrogen and oxygen atoms in total. The zero-order chi connectivity index (χ0) is 13.0. The molecule has 18 heavy (non-hydrogen) atoms. The first-order valence-electron chi connectivity index (χ1n) is 7.31. The molecule has 104 valence electrons. The molecule has 0 aromatic rings. The Morgan fingerprint density at radius 2 is 1.78 bits per heavy atom. The molecule has 1 N–H and O–H groups in total. The Morgan fingerprint density at radius 3 is 2.44 bits per heavy atom. The summed E-state index contributed by atoms with van der Waals surface area (Å²) in [6.45, 7) is 4.03. The lowest BCUT2D eigenvalue weighted by Gasteiger charge is -2.49.